The predicted molar refractivity (Wildman–Crippen MR) is 84.7 cm³/mol. The number of hydrogen-bond donors (Lipinski definition) is 1. The first-order valence-corrected chi connectivity index (χ1v) is 8.30. The van der Waals surface area contributed by atoms with Crippen molar-refractivity contribution in [2.75, 3.05) is 13.7 Å². The highest BCUT2D eigenvalue weighted by atomic mass is 16.5. The van der Waals surface area contributed by atoms with Crippen molar-refractivity contribution in [1.82, 2.24) is 5.32 Å². The minimum absolute atomic E-state index is 0.00872. The zero-order valence-corrected chi connectivity index (χ0v) is 13.2. The molecule has 0 bridgehead atoms. The third-order valence-electron chi connectivity index (χ3n) is 5.01. The molecule has 3 nitrogen and oxygen atoms in total. The van der Waals surface area contributed by atoms with Crippen LogP contribution in [0, 0.1) is 0 Å². The number of para-hydroxylation sites is 1. The van der Waals surface area contributed by atoms with E-state index < -0.39 is 0 Å². The zero-order valence-electron chi connectivity index (χ0n) is 13.2. The Morgan fingerprint density at radius 3 is 2.76 bits per heavy atom. The van der Waals surface area contributed by atoms with Crippen molar-refractivity contribution in [1.29, 1.82) is 0 Å². The van der Waals surface area contributed by atoms with Gasteiger partial charge in [-0.25, -0.2) is 0 Å². The summed E-state index contributed by atoms with van der Waals surface area (Å²) in [5, 5.41) is 3.71. The van der Waals surface area contributed by atoms with Gasteiger partial charge in [0.25, 0.3) is 0 Å². The van der Waals surface area contributed by atoms with Gasteiger partial charge in [-0.3, -0.25) is 0 Å². The van der Waals surface area contributed by atoms with Crippen LogP contribution in [0.1, 0.15) is 57.1 Å². The Hall–Kier alpha value is -1.06. The van der Waals surface area contributed by atoms with E-state index in [1.54, 1.807) is 0 Å². The van der Waals surface area contributed by atoms with Crippen LogP contribution in [0.2, 0.25) is 0 Å². The van der Waals surface area contributed by atoms with Crippen LogP contribution in [0.25, 0.3) is 0 Å². The molecule has 0 radical (unpaired) electrons. The summed E-state index contributed by atoms with van der Waals surface area (Å²) in [6.07, 6.45) is 7.09. The van der Waals surface area contributed by atoms with Gasteiger partial charge in [-0.15, -0.1) is 0 Å². The number of rotatable bonds is 4. The molecule has 1 atom stereocenters. The lowest BCUT2D eigenvalue weighted by Crippen LogP contribution is -2.47. The van der Waals surface area contributed by atoms with Gasteiger partial charge < -0.3 is 14.8 Å². The molecule has 1 N–H and O–H groups in total. The molecule has 1 heterocycles. The molecule has 3 heteroatoms. The zero-order chi connectivity index (χ0) is 14.7. The minimum atomic E-state index is 0.00872. The van der Waals surface area contributed by atoms with Gasteiger partial charge in [0.05, 0.1) is 6.10 Å². The number of ether oxygens (including phenoxy) is 2. The van der Waals surface area contributed by atoms with Crippen molar-refractivity contribution in [2.45, 2.75) is 63.2 Å². The maximum absolute atomic E-state index is 6.47. The predicted octanol–water partition coefficient (Wildman–Crippen LogP) is 3.84. The lowest BCUT2D eigenvalue weighted by Gasteiger charge is -2.46. The Morgan fingerprint density at radius 1 is 1.29 bits per heavy atom. The fourth-order valence-corrected chi connectivity index (χ4v) is 3.78. The van der Waals surface area contributed by atoms with Gasteiger partial charge in [0.2, 0.25) is 0 Å². The SMILES string of the molecule is CCCNC1CC2(CCC(OC)CC2)Oc2ccccc21. The molecule has 0 amide bonds. The molecule has 1 saturated carbocycles. The molecule has 116 valence electrons. The molecule has 1 spiro atoms. The Bertz CT molecular complexity index is 466. The van der Waals surface area contributed by atoms with Crippen LogP contribution in [0.15, 0.2) is 24.3 Å². The summed E-state index contributed by atoms with van der Waals surface area (Å²) < 4.78 is 12.0. The summed E-state index contributed by atoms with van der Waals surface area (Å²) in [6.45, 7) is 3.29. The molecule has 1 aromatic rings. The first-order chi connectivity index (χ1) is 10.3. The topological polar surface area (TPSA) is 30.5 Å². The Kier molecular flexibility index (Phi) is 4.51. The Balaban J connectivity index is 1.80. The molecule has 1 fully saturated rings. The smallest absolute Gasteiger partial charge is 0.124 e. The van der Waals surface area contributed by atoms with E-state index in [-0.39, 0.29) is 5.60 Å². The van der Waals surface area contributed by atoms with E-state index in [0.29, 0.717) is 12.1 Å². The van der Waals surface area contributed by atoms with Gasteiger partial charge in [0.15, 0.2) is 0 Å². The summed E-state index contributed by atoms with van der Waals surface area (Å²) in [7, 11) is 1.82. The second-order valence-electron chi connectivity index (χ2n) is 6.47. The van der Waals surface area contributed by atoms with Gasteiger partial charge in [0.1, 0.15) is 11.4 Å². The quantitative estimate of drug-likeness (QED) is 0.913. The van der Waals surface area contributed by atoms with Crippen LogP contribution >= 0.6 is 0 Å². The monoisotopic (exact) mass is 289 g/mol. The van der Waals surface area contributed by atoms with Gasteiger partial charge in [-0.05, 0) is 44.7 Å². The Morgan fingerprint density at radius 2 is 2.05 bits per heavy atom. The normalized spacial score (nSPS) is 31.7. The summed E-state index contributed by atoms with van der Waals surface area (Å²) in [4.78, 5) is 0. The molecular weight excluding hydrogens is 262 g/mol. The van der Waals surface area contributed by atoms with Crippen molar-refractivity contribution >= 4 is 0 Å². The summed E-state index contributed by atoms with van der Waals surface area (Å²) in [5.74, 6) is 1.08. The number of fused-ring (bicyclic) bond motifs is 1. The van der Waals surface area contributed by atoms with Gasteiger partial charge in [0, 0.05) is 25.1 Å². The van der Waals surface area contributed by atoms with E-state index in [2.05, 4.69) is 36.5 Å². The van der Waals surface area contributed by atoms with Crippen LogP contribution in [-0.2, 0) is 4.74 Å². The van der Waals surface area contributed by atoms with Crippen LogP contribution in [-0.4, -0.2) is 25.4 Å². The van der Waals surface area contributed by atoms with Crippen molar-refractivity contribution in [3.05, 3.63) is 29.8 Å². The highest BCUT2D eigenvalue weighted by molar-refractivity contribution is 5.39. The Labute approximate surface area is 128 Å². The first kappa shape index (κ1) is 14.9. The highest BCUT2D eigenvalue weighted by Crippen LogP contribution is 2.46. The van der Waals surface area contributed by atoms with E-state index in [1.807, 2.05) is 7.11 Å². The number of benzene rings is 1. The standard InChI is InChI=1S/C18H27NO2/c1-3-12-19-16-13-18(10-8-14(20-2)9-11-18)21-17-7-5-4-6-15(16)17/h4-7,14,16,19H,3,8-13H2,1-2H3. The van der Waals surface area contributed by atoms with Crippen LogP contribution in [0.5, 0.6) is 5.75 Å². The van der Waals surface area contributed by atoms with Crippen LogP contribution < -0.4 is 10.1 Å². The average Bonchev–Trinajstić information content (AvgIpc) is 2.53. The van der Waals surface area contributed by atoms with Crippen LogP contribution in [0.4, 0.5) is 0 Å². The molecule has 0 saturated heterocycles. The molecule has 1 aliphatic carbocycles. The van der Waals surface area contributed by atoms with Gasteiger partial charge >= 0.3 is 0 Å². The van der Waals surface area contributed by atoms with Gasteiger partial charge in [-0.1, -0.05) is 25.1 Å². The van der Waals surface area contributed by atoms with Crippen molar-refractivity contribution in [3.63, 3.8) is 0 Å². The van der Waals surface area contributed by atoms with E-state index in [0.717, 1.165) is 50.8 Å². The van der Waals surface area contributed by atoms with Crippen molar-refractivity contribution in [3.8, 4) is 5.75 Å². The van der Waals surface area contributed by atoms with E-state index in [4.69, 9.17) is 9.47 Å². The average molecular weight is 289 g/mol. The van der Waals surface area contributed by atoms with Gasteiger partial charge in [-0.2, -0.15) is 0 Å². The van der Waals surface area contributed by atoms with E-state index in [9.17, 15) is 0 Å². The third kappa shape index (κ3) is 3.09. The number of hydrogen-bond acceptors (Lipinski definition) is 3. The second kappa shape index (κ2) is 6.37. The minimum Gasteiger partial charge on any atom is -0.487 e. The van der Waals surface area contributed by atoms with E-state index in [1.165, 1.54) is 5.56 Å². The summed E-state index contributed by atoms with van der Waals surface area (Å²) >= 11 is 0. The summed E-state index contributed by atoms with van der Waals surface area (Å²) in [6, 6.07) is 8.95. The molecular formula is C18H27NO2. The lowest BCUT2D eigenvalue weighted by molar-refractivity contribution is -0.0454. The van der Waals surface area contributed by atoms with Crippen LogP contribution in [0.3, 0.4) is 0 Å². The highest BCUT2D eigenvalue weighted by Gasteiger charge is 2.43. The maximum Gasteiger partial charge on any atom is 0.124 e. The number of nitrogens with one attached hydrogen (secondary N) is 1. The number of methoxy groups -OCH3 is 1. The fourth-order valence-electron chi connectivity index (χ4n) is 3.78. The third-order valence-corrected chi connectivity index (χ3v) is 5.01. The summed E-state index contributed by atoms with van der Waals surface area (Å²) in [5.41, 5.74) is 1.33. The maximum atomic E-state index is 6.47. The molecule has 1 aliphatic heterocycles. The van der Waals surface area contributed by atoms with E-state index >= 15 is 0 Å². The molecule has 3 rings (SSSR count). The largest absolute Gasteiger partial charge is 0.487 e. The van der Waals surface area contributed by atoms with Crippen molar-refractivity contribution in [2.24, 2.45) is 0 Å². The lowest BCUT2D eigenvalue weighted by atomic mass is 9.76. The molecule has 1 aromatic carbocycles. The molecule has 2 aliphatic rings. The van der Waals surface area contributed by atoms with Crippen molar-refractivity contribution < 1.29 is 9.47 Å². The first-order valence-electron chi connectivity index (χ1n) is 8.30. The fraction of sp³-hybridized carbons (Fsp3) is 0.667. The molecule has 1 unspecified atom stereocenters. The molecule has 0 aromatic heterocycles. The second-order valence-corrected chi connectivity index (χ2v) is 6.47. The molecule has 21 heavy (non-hydrogen) atoms.